The number of carboxylic acids is 1. The average molecular weight is 320 g/mol. The fraction of sp³-hybridized carbons (Fsp3) is 0.455. The van der Waals surface area contributed by atoms with Gasteiger partial charge >= 0.3 is 5.97 Å². The summed E-state index contributed by atoms with van der Waals surface area (Å²) in [7, 11) is 0. The molecule has 0 spiro atoms. The van der Waals surface area contributed by atoms with Gasteiger partial charge < -0.3 is 10.4 Å². The summed E-state index contributed by atoms with van der Waals surface area (Å²) in [6, 6.07) is 2.60. The molecular weight excluding hydrogens is 306 g/mol. The molecule has 1 heterocycles. The normalized spacial score (nSPS) is 12.5. The van der Waals surface area contributed by atoms with Crippen LogP contribution >= 0.6 is 27.3 Å². The van der Waals surface area contributed by atoms with Crippen LogP contribution < -0.4 is 5.32 Å². The topological polar surface area (TPSA) is 66.4 Å². The molecule has 0 saturated heterocycles. The molecule has 0 aliphatic heterocycles. The van der Waals surface area contributed by atoms with E-state index in [1.54, 1.807) is 12.1 Å². The van der Waals surface area contributed by atoms with Crippen molar-refractivity contribution in [1.29, 1.82) is 0 Å². The highest BCUT2D eigenvalue weighted by atomic mass is 79.9. The predicted octanol–water partition coefficient (Wildman–Crippen LogP) is 2.74. The SMILES string of the molecule is CC(C)CC(NC(=O)c1ccc(Br)s1)C(=O)O. The van der Waals surface area contributed by atoms with Gasteiger partial charge in [0, 0.05) is 0 Å². The molecular formula is C11H14BrNO3S. The van der Waals surface area contributed by atoms with Gasteiger partial charge in [-0.25, -0.2) is 4.79 Å². The quantitative estimate of drug-likeness (QED) is 0.877. The number of rotatable bonds is 5. The monoisotopic (exact) mass is 319 g/mol. The van der Waals surface area contributed by atoms with Crippen molar-refractivity contribution in [2.45, 2.75) is 26.3 Å². The van der Waals surface area contributed by atoms with E-state index in [1.807, 2.05) is 13.8 Å². The zero-order valence-electron chi connectivity index (χ0n) is 9.57. The Labute approximate surface area is 112 Å². The second kappa shape index (κ2) is 6.16. The Balaban J connectivity index is 2.67. The molecule has 1 atom stereocenters. The van der Waals surface area contributed by atoms with Crippen molar-refractivity contribution in [3.8, 4) is 0 Å². The van der Waals surface area contributed by atoms with Crippen LogP contribution in [0.25, 0.3) is 0 Å². The first kappa shape index (κ1) is 14.2. The number of aliphatic carboxylic acids is 1. The number of carbonyl (C=O) groups excluding carboxylic acids is 1. The molecule has 1 unspecified atom stereocenters. The van der Waals surface area contributed by atoms with E-state index >= 15 is 0 Å². The molecule has 2 N–H and O–H groups in total. The maximum atomic E-state index is 11.8. The summed E-state index contributed by atoms with van der Waals surface area (Å²) in [4.78, 5) is 23.3. The molecule has 0 radical (unpaired) electrons. The van der Waals surface area contributed by atoms with Gasteiger partial charge in [-0.3, -0.25) is 4.79 Å². The molecule has 0 aliphatic carbocycles. The van der Waals surface area contributed by atoms with Gasteiger partial charge in [0.15, 0.2) is 0 Å². The van der Waals surface area contributed by atoms with Gasteiger partial charge in [0.1, 0.15) is 6.04 Å². The van der Waals surface area contributed by atoms with E-state index in [4.69, 9.17) is 5.11 Å². The van der Waals surface area contributed by atoms with Crippen molar-refractivity contribution < 1.29 is 14.7 Å². The van der Waals surface area contributed by atoms with Gasteiger partial charge in [0.2, 0.25) is 0 Å². The van der Waals surface area contributed by atoms with Crippen LogP contribution in [0.1, 0.15) is 29.9 Å². The standard InChI is InChI=1S/C11H14BrNO3S/c1-6(2)5-7(11(15)16)13-10(14)8-3-4-9(12)17-8/h3-4,6-7H,5H2,1-2H3,(H,13,14)(H,15,16). The lowest BCUT2D eigenvalue weighted by molar-refractivity contribution is -0.139. The van der Waals surface area contributed by atoms with Crippen molar-refractivity contribution in [3.05, 3.63) is 20.8 Å². The Bertz CT molecular complexity index is 417. The van der Waals surface area contributed by atoms with E-state index in [0.29, 0.717) is 11.3 Å². The minimum Gasteiger partial charge on any atom is -0.480 e. The Hall–Kier alpha value is -0.880. The Kier molecular flexibility index (Phi) is 5.14. The molecule has 1 aromatic heterocycles. The highest BCUT2D eigenvalue weighted by Crippen LogP contribution is 2.22. The van der Waals surface area contributed by atoms with Gasteiger partial charge in [-0.2, -0.15) is 0 Å². The van der Waals surface area contributed by atoms with Crippen LogP contribution in [0, 0.1) is 5.92 Å². The molecule has 0 aliphatic rings. The predicted molar refractivity (Wildman–Crippen MR) is 70.4 cm³/mol. The van der Waals surface area contributed by atoms with Gasteiger partial charge in [-0.05, 0) is 40.4 Å². The summed E-state index contributed by atoms with van der Waals surface area (Å²) in [6.07, 6.45) is 0.424. The third-order valence-electron chi connectivity index (χ3n) is 2.11. The van der Waals surface area contributed by atoms with Crippen LogP contribution in [0.3, 0.4) is 0 Å². The van der Waals surface area contributed by atoms with Crippen LogP contribution in [0.4, 0.5) is 0 Å². The molecule has 94 valence electrons. The van der Waals surface area contributed by atoms with Gasteiger partial charge in [0.05, 0.1) is 8.66 Å². The van der Waals surface area contributed by atoms with Crippen LogP contribution in [0.15, 0.2) is 15.9 Å². The first-order valence-corrected chi connectivity index (χ1v) is 6.80. The smallest absolute Gasteiger partial charge is 0.326 e. The zero-order chi connectivity index (χ0) is 13.0. The molecule has 0 fully saturated rings. The number of carboxylic acid groups (broad SMARTS) is 1. The lowest BCUT2D eigenvalue weighted by Gasteiger charge is -2.15. The molecule has 0 saturated carbocycles. The van der Waals surface area contributed by atoms with E-state index in [0.717, 1.165) is 3.79 Å². The minimum atomic E-state index is -0.998. The largest absolute Gasteiger partial charge is 0.480 e. The summed E-state index contributed by atoms with van der Waals surface area (Å²) in [5.74, 6) is -1.12. The summed E-state index contributed by atoms with van der Waals surface area (Å²) in [5, 5.41) is 11.5. The molecule has 0 bridgehead atoms. The van der Waals surface area contributed by atoms with Gasteiger partial charge in [0.25, 0.3) is 5.91 Å². The first-order valence-electron chi connectivity index (χ1n) is 5.19. The highest BCUT2D eigenvalue weighted by molar-refractivity contribution is 9.11. The number of carbonyl (C=O) groups is 2. The van der Waals surface area contributed by atoms with E-state index in [-0.39, 0.29) is 11.8 Å². The van der Waals surface area contributed by atoms with E-state index < -0.39 is 12.0 Å². The summed E-state index contributed by atoms with van der Waals surface area (Å²) < 4.78 is 0.846. The third-order valence-corrected chi connectivity index (χ3v) is 3.73. The Morgan fingerprint density at radius 1 is 1.47 bits per heavy atom. The molecule has 1 rings (SSSR count). The number of nitrogens with one attached hydrogen (secondary N) is 1. The van der Waals surface area contributed by atoms with Crippen LogP contribution in [-0.4, -0.2) is 23.0 Å². The second-order valence-electron chi connectivity index (χ2n) is 4.10. The van der Waals surface area contributed by atoms with Crippen LogP contribution in [0.2, 0.25) is 0 Å². The maximum absolute atomic E-state index is 11.8. The number of halogens is 1. The molecule has 0 aromatic carbocycles. The van der Waals surface area contributed by atoms with Crippen molar-refractivity contribution in [1.82, 2.24) is 5.32 Å². The van der Waals surface area contributed by atoms with Crippen molar-refractivity contribution in [2.75, 3.05) is 0 Å². The summed E-state index contributed by atoms with van der Waals surface area (Å²) in [5.41, 5.74) is 0. The molecule has 1 amide bonds. The number of hydrogen-bond donors (Lipinski definition) is 2. The maximum Gasteiger partial charge on any atom is 0.326 e. The molecule has 1 aromatic rings. The lowest BCUT2D eigenvalue weighted by atomic mass is 10.0. The van der Waals surface area contributed by atoms with Crippen LogP contribution in [-0.2, 0) is 4.79 Å². The first-order chi connectivity index (χ1) is 7.90. The second-order valence-corrected chi connectivity index (χ2v) is 6.56. The molecule has 4 nitrogen and oxygen atoms in total. The zero-order valence-corrected chi connectivity index (χ0v) is 12.0. The van der Waals surface area contributed by atoms with Gasteiger partial charge in [-0.1, -0.05) is 13.8 Å². The molecule has 17 heavy (non-hydrogen) atoms. The van der Waals surface area contributed by atoms with Crippen LogP contribution in [0.5, 0.6) is 0 Å². The third kappa shape index (κ3) is 4.47. The van der Waals surface area contributed by atoms with Crippen molar-refractivity contribution in [2.24, 2.45) is 5.92 Å². The van der Waals surface area contributed by atoms with Crippen molar-refractivity contribution in [3.63, 3.8) is 0 Å². The fourth-order valence-electron chi connectivity index (χ4n) is 1.36. The summed E-state index contributed by atoms with van der Waals surface area (Å²) >= 11 is 4.54. The average Bonchev–Trinajstić information content (AvgIpc) is 2.63. The molecule has 6 heteroatoms. The highest BCUT2D eigenvalue weighted by Gasteiger charge is 2.22. The van der Waals surface area contributed by atoms with E-state index in [1.165, 1.54) is 11.3 Å². The number of amides is 1. The fourth-order valence-corrected chi connectivity index (χ4v) is 2.65. The van der Waals surface area contributed by atoms with Gasteiger partial charge in [-0.15, -0.1) is 11.3 Å². The Morgan fingerprint density at radius 2 is 2.12 bits per heavy atom. The lowest BCUT2D eigenvalue weighted by Crippen LogP contribution is -2.41. The number of thiophene rings is 1. The van der Waals surface area contributed by atoms with E-state index in [9.17, 15) is 9.59 Å². The number of hydrogen-bond acceptors (Lipinski definition) is 3. The van der Waals surface area contributed by atoms with Crippen molar-refractivity contribution >= 4 is 39.1 Å². The Morgan fingerprint density at radius 3 is 2.53 bits per heavy atom. The minimum absolute atomic E-state index is 0.214. The summed E-state index contributed by atoms with van der Waals surface area (Å²) in [6.45, 7) is 3.84. The van der Waals surface area contributed by atoms with E-state index in [2.05, 4.69) is 21.2 Å².